The van der Waals surface area contributed by atoms with Gasteiger partial charge in [-0.05, 0) is 23.2 Å². The van der Waals surface area contributed by atoms with Crippen LogP contribution in [0.25, 0.3) is 0 Å². The van der Waals surface area contributed by atoms with E-state index >= 15 is 0 Å². The van der Waals surface area contributed by atoms with Crippen molar-refractivity contribution >= 4 is 34.5 Å². The Labute approximate surface area is 119 Å². The average Bonchev–Trinajstić information content (AvgIpc) is 2.63. The van der Waals surface area contributed by atoms with Crippen LogP contribution in [0.5, 0.6) is 0 Å². The van der Waals surface area contributed by atoms with Crippen LogP contribution in [0.4, 0.5) is 0 Å². The fourth-order valence-corrected chi connectivity index (χ4v) is 2.73. The fourth-order valence-electron chi connectivity index (χ4n) is 1.31. The predicted molar refractivity (Wildman–Crippen MR) is 73.5 cm³/mol. The van der Waals surface area contributed by atoms with Crippen molar-refractivity contribution in [1.29, 1.82) is 0 Å². The van der Waals surface area contributed by atoms with E-state index in [0.717, 1.165) is 10.7 Å². The first kappa shape index (κ1) is 13.6. The molecule has 2 aromatic heterocycles. The molecule has 0 saturated heterocycles. The number of rotatable bonds is 2. The summed E-state index contributed by atoms with van der Waals surface area (Å²) < 4.78 is 0. The van der Waals surface area contributed by atoms with Crippen molar-refractivity contribution in [3.8, 4) is 0 Å². The Hall–Kier alpha value is -0.780. The molecule has 0 unspecified atom stereocenters. The molecule has 18 heavy (non-hydrogen) atoms. The SMILES string of the molecule is CC(C)(C)c1csc(Cc2nc(Cl)nc(Cl)n2)n1. The molecule has 7 heteroatoms. The lowest BCUT2D eigenvalue weighted by molar-refractivity contribution is 0.571. The molecule has 0 bridgehead atoms. The Bertz CT molecular complexity index is 542. The Kier molecular flexibility index (Phi) is 3.84. The first-order valence-electron chi connectivity index (χ1n) is 5.35. The van der Waals surface area contributed by atoms with Crippen LogP contribution >= 0.6 is 34.5 Å². The van der Waals surface area contributed by atoms with Crippen LogP contribution < -0.4 is 0 Å². The zero-order chi connectivity index (χ0) is 13.3. The highest BCUT2D eigenvalue weighted by Crippen LogP contribution is 2.24. The Morgan fingerprint density at radius 1 is 1.06 bits per heavy atom. The highest BCUT2D eigenvalue weighted by molar-refractivity contribution is 7.09. The van der Waals surface area contributed by atoms with E-state index in [0.29, 0.717) is 12.2 Å². The summed E-state index contributed by atoms with van der Waals surface area (Å²) in [6.07, 6.45) is 0.517. The van der Waals surface area contributed by atoms with E-state index in [1.807, 2.05) is 0 Å². The normalized spacial score (nSPS) is 11.8. The second kappa shape index (κ2) is 5.07. The standard InChI is InChI=1S/C11H12Cl2N4S/c1-11(2,3)6-5-18-8(14-6)4-7-15-9(12)17-10(13)16-7/h5H,4H2,1-3H3. The smallest absolute Gasteiger partial charge is 0.226 e. The maximum Gasteiger partial charge on any atom is 0.226 e. The molecule has 0 aliphatic rings. The summed E-state index contributed by atoms with van der Waals surface area (Å²) >= 11 is 13.0. The van der Waals surface area contributed by atoms with Crippen molar-refractivity contribution < 1.29 is 0 Å². The van der Waals surface area contributed by atoms with E-state index in [1.165, 1.54) is 0 Å². The molecule has 0 N–H and O–H groups in total. The van der Waals surface area contributed by atoms with E-state index in [1.54, 1.807) is 11.3 Å². The molecule has 0 amide bonds. The molecular weight excluding hydrogens is 291 g/mol. The third kappa shape index (κ3) is 3.37. The molecule has 2 heterocycles. The summed E-state index contributed by atoms with van der Waals surface area (Å²) in [6, 6.07) is 0. The molecule has 0 radical (unpaired) electrons. The van der Waals surface area contributed by atoms with Crippen LogP contribution in [0.15, 0.2) is 5.38 Å². The van der Waals surface area contributed by atoms with Crippen molar-refractivity contribution in [2.45, 2.75) is 32.6 Å². The average molecular weight is 303 g/mol. The van der Waals surface area contributed by atoms with E-state index in [9.17, 15) is 0 Å². The molecule has 4 nitrogen and oxygen atoms in total. The van der Waals surface area contributed by atoms with Gasteiger partial charge in [0.1, 0.15) is 10.8 Å². The van der Waals surface area contributed by atoms with Gasteiger partial charge < -0.3 is 0 Å². The van der Waals surface area contributed by atoms with Gasteiger partial charge in [-0.25, -0.2) is 15.0 Å². The van der Waals surface area contributed by atoms with Crippen LogP contribution in [-0.2, 0) is 11.8 Å². The van der Waals surface area contributed by atoms with Crippen molar-refractivity contribution in [2.75, 3.05) is 0 Å². The molecule has 0 spiro atoms. The Morgan fingerprint density at radius 3 is 2.17 bits per heavy atom. The zero-order valence-corrected chi connectivity index (χ0v) is 12.6. The van der Waals surface area contributed by atoms with Gasteiger partial charge in [0.2, 0.25) is 10.6 Å². The minimum Gasteiger partial charge on any atom is -0.245 e. The van der Waals surface area contributed by atoms with Gasteiger partial charge in [0.05, 0.1) is 12.1 Å². The van der Waals surface area contributed by atoms with E-state index in [4.69, 9.17) is 23.2 Å². The van der Waals surface area contributed by atoms with Gasteiger partial charge in [-0.15, -0.1) is 11.3 Å². The lowest BCUT2D eigenvalue weighted by Crippen LogP contribution is -2.11. The molecule has 0 aromatic carbocycles. The third-order valence-electron chi connectivity index (χ3n) is 2.26. The Balaban J connectivity index is 2.21. The second-order valence-electron chi connectivity index (χ2n) is 4.84. The van der Waals surface area contributed by atoms with Gasteiger partial charge in [0, 0.05) is 10.8 Å². The Morgan fingerprint density at radius 2 is 1.67 bits per heavy atom. The van der Waals surface area contributed by atoms with Crippen molar-refractivity contribution in [1.82, 2.24) is 19.9 Å². The summed E-state index contributed by atoms with van der Waals surface area (Å²) in [5.74, 6) is 0.537. The molecule has 2 aromatic rings. The van der Waals surface area contributed by atoms with Gasteiger partial charge in [0.25, 0.3) is 0 Å². The fraction of sp³-hybridized carbons (Fsp3) is 0.455. The zero-order valence-electron chi connectivity index (χ0n) is 10.2. The number of halogens is 2. The minimum atomic E-state index is 0.0448. The lowest BCUT2D eigenvalue weighted by Gasteiger charge is -2.14. The number of hydrogen-bond donors (Lipinski definition) is 0. The first-order valence-corrected chi connectivity index (χ1v) is 6.99. The molecule has 0 fully saturated rings. The molecule has 0 aliphatic heterocycles. The van der Waals surface area contributed by atoms with E-state index in [-0.39, 0.29) is 16.0 Å². The van der Waals surface area contributed by atoms with Crippen molar-refractivity contribution in [3.05, 3.63) is 32.5 Å². The van der Waals surface area contributed by atoms with Gasteiger partial charge in [-0.1, -0.05) is 20.8 Å². The molecule has 2 rings (SSSR count). The quantitative estimate of drug-likeness (QED) is 0.851. The summed E-state index contributed by atoms with van der Waals surface area (Å²) in [7, 11) is 0. The topological polar surface area (TPSA) is 51.6 Å². The van der Waals surface area contributed by atoms with Gasteiger partial charge in [-0.2, -0.15) is 4.98 Å². The summed E-state index contributed by atoms with van der Waals surface area (Å²) in [4.78, 5) is 16.3. The first-order chi connectivity index (χ1) is 8.34. The van der Waals surface area contributed by atoms with E-state index in [2.05, 4.69) is 46.1 Å². The number of hydrogen-bond acceptors (Lipinski definition) is 5. The molecule has 0 saturated carbocycles. The predicted octanol–water partition coefficient (Wildman–Crippen LogP) is 3.52. The summed E-state index contributed by atoms with van der Waals surface area (Å²) in [5.41, 5.74) is 1.11. The lowest BCUT2D eigenvalue weighted by atomic mass is 9.93. The van der Waals surface area contributed by atoms with Crippen LogP contribution in [0.3, 0.4) is 0 Å². The van der Waals surface area contributed by atoms with Crippen LogP contribution in [0.1, 0.15) is 37.3 Å². The molecule has 96 valence electrons. The van der Waals surface area contributed by atoms with Crippen molar-refractivity contribution in [3.63, 3.8) is 0 Å². The number of nitrogens with zero attached hydrogens (tertiary/aromatic N) is 4. The van der Waals surface area contributed by atoms with Crippen LogP contribution in [-0.4, -0.2) is 19.9 Å². The van der Waals surface area contributed by atoms with Crippen LogP contribution in [0, 0.1) is 0 Å². The number of aromatic nitrogens is 4. The highest BCUT2D eigenvalue weighted by Gasteiger charge is 2.18. The summed E-state index contributed by atoms with van der Waals surface area (Å²) in [5, 5.41) is 3.22. The monoisotopic (exact) mass is 302 g/mol. The van der Waals surface area contributed by atoms with E-state index < -0.39 is 0 Å². The largest absolute Gasteiger partial charge is 0.245 e. The highest BCUT2D eigenvalue weighted by atomic mass is 35.5. The molecular formula is C11H12Cl2N4S. The van der Waals surface area contributed by atoms with Crippen LogP contribution in [0.2, 0.25) is 10.6 Å². The number of thiazole rings is 1. The van der Waals surface area contributed by atoms with Crippen molar-refractivity contribution in [2.24, 2.45) is 0 Å². The van der Waals surface area contributed by atoms with Gasteiger partial charge in [0.15, 0.2) is 0 Å². The molecule has 0 aliphatic carbocycles. The molecule has 0 atom stereocenters. The maximum absolute atomic E-state index is 5.73. The minimum absolute atomic E-state index is 0.0448. The third-order valence-corrected chi connectivity index (χ3v) is 3.44. The van der Waals surface area contributed by atoms with Gasteiger partial charge in [-0.3, -0.25) is 0 Å². The maximum atomic E-state index is 5.73. The second-order valence-corrected chi connectivity index (χ2v) is 6.46. The van der Waals surface area contributed by atoms with Gasteiger partial charge >= 0.3 is 0 Å². The summed E-state index contributed by atoms with van der Waals surface area (Å²) in [6.45, 7) is 6.38.